The van der Waals surface area contributed by atoms with Crippen LogP contribution in [0, 0.1) is 11.3 Å². The largest absolute Gasteiger partial charge is 0.365 e. The lowest BCUT2D eigenvalue weighted by atomic mass is 10.1. The fourth-order valence-electron chi connectivity index (χ4n) is 0.951. The predicted molar refractivity (Wildman–Crippen MR) is 61.9 cm³/mol. The minimum Gasteiger partial charge on any atom is -0.365 e. The first kappa shape index (κ1) is 11.8. The number of carbonyl (C=O) groups is 1. The predicted octanol–water partition coefficient (Wildman–Crippen LogP) is 2.49. The van der Waals surface area contributed by atoms with Crippen molar-refractivity contribution < 1.29 is 4.79 Å². The molecule has 76 valence electrons. The van der Waals surface area contributed by atoms with Gasteiger partial charge in [-0.3, -0.25) is 4.79 Å². The molecule has 1 aromatic carbocycles. The zero-order valence-electron chi connectivity index (χ0n) is 7.50. The molecule has 0 radical (unpaired) electrons. The molecule has 5 heteroatoms. The van der Waals surface area contributed by atoms with Crippen LogP contribution in [0.2, 0.25) is 5.02 Å². The molecule has 0 aliphatic carbocycles. The molecule has 0 aliphatic rings. The first-order chi connectivity index (χ1) is 7.06. The molecule has 3 nitrogen and oxygen atoms in total. The maximum atomic E-state index is 10.8. The van der Waals surface area contributed by atoms with Gasteiger partial charge in [-0.15, -0.1) is 0 Å². The van der Waals surface area contributed by atoms with Gasteiger partial charge in [0, 0.05) is 15.1 Å². The monoisotopic (exact) mass is 284 g/mol. The van der Waals surface area contributed by atoms with E-state index in [1.165, 1.54) is 6.08 Å². The van der Waals surface area contributed by atoms with Crippen LogP contribution < -0.4 is 5.73 Å². The lowest BCUT2D eigenvalue weighted by molar-refractivity contribution is -0.114. The molecule has 1 aromatic rings. The van der Waals surface area contributed by atoms with Crippen molar-refractivity contribution in [1.82, 2.24) is 0 Å². The highest BCUT2D eigenvalue weighted by atomic mass is 79.9. The van der Waals surface area contributed by atoms with Gasteiger partial charge < -0.3 is 5.73 Å². The second-order valence-corrected chi connectivity index (χ2v) is 3.93. The van der Waals surface area contributed by atoms with E-state index in [0.717, 1.165) is 0 Å². The van der Waals surface area contributed by atoms with Gasteiger partial charge in [0.05, 0.1) is 0 Å². The van der Waals surface area contributed by atoms with Crippen molar-refractivity contribution >= 4 is 39.5 Å². The standard InChI is InChI=1S/C10H6BrClN2O/c11-8-2-1-3-9(12)7(8)4-6(5-13)10(14)15/h1-4H,(H2,14,15)/b6-4+. The third kappa shape index (κ3) is 2.82. The Morgan fingerprint density at radius 3 is 2.73 bits per heavy atom. The molecule has 0 spiro atoms. The highest BCUT2D eigenvalue weighted by Crippen LogP contribution is 2.26. The zero-order chi connectivity index (χ0) is 11.4. The van der Waals surface area contributed by atoms with Gasteiger partial charge in [-0.1, -0.05) is 33.6 Å². The Morgan fingerprint density at radius 2 is 2.27 bits per heavy atom. The van der Waals surface area contributed by atoms with Crippen molar-refractivity contribution in [3.8, 4) is 6.07 Å². The van der Waals surface area contributed by atoms with Gasteiger partial charge in [-0.2, -0.15) is 5.26 Å². The normalized spacial score (nSPS) is 10.9. The van der Waals surface area contributed by atoms with Crippen LogP contribution in [0.1, 0.15) is 5.56 Å². The molecule has 1 amide bonds. The van der Waals surface area contributed by atoms with E-state index in [4.69, 9.17) is 22.6 Å². The molecule has 0 atom stereocenters. The van der Waals surface area contributed by atoms with Crippen molar-refractivity contribution in [2.45, 2.75) is 0 Å². The van der Waals surface area contributed by atoms with Gasteiger partial charge >= 0.3 is 0 Å². The average Bonchev–Trinajstić information content (AvgIpc) is 2.17. The van der Waals surface area contributed by atoms with E-state index >= 15 is 0 Å². The quantitative estimate of drug-likeness (QED) is 0.670. The Bertz CT molecular complexity index is 457. The second-order valence-electron chi connectivity index (χ2n) is 2.67. The molecule has 15 heavy (non-hydrogen) atoms. The second kappa shape index (κ2) is 4.96. The molecular weight excluding hydrogens is 279 g/mol. The van der Waals surface area contributed by atoms with E-state index < -0.39 is 5.91 Å². The van der Waals surface area contributed by atoms with E-state index in [-0.39, 0.29) is 5.57 Å². The maximum Gasteiger partial charge on any atom is 0.259 e. The van der Waals surface area contributed by atoms with Gasteiger partial charge in [-0.25, -0.2) is 0 Å². The summed E-state index contributed by atoms with van der Waals surface area (Å²) in [4.78, 5) is 10.8. The Kier molecular flexibility index (Phi) is 3.89. The lowest BCUT2D eigenvalue weighted by Gasteiger charge is -2.01. The molecule has 0 saturated carbocycles. The molecule has 1 rings (SSSR count). The first-order valence-electron chi connectivity index (χ1n) is 3.92. The fraction of sp³-hybridized carbons (Fsp3) is 0. The average molecular weight is 286 g/mol. The van der Waals surface area contributed by atoms with E-state index in [1.807, 2.05) is 0 Å². The van der Waals surface area contributed by atoms with E-state index in [9.17, 15) is 4.79 Å². The Morgan fingerprint density at radius 1 is 1.60 bits per heavy atom. The van der Waals surface area contributed by atoms with E-state index in [2.05, 4.69) is 15.9 Å². The van der Waals surface area contributed by atoms with Crippen LogP contribution >= 0.6 is 27.5 Å². The summed E-state index contributed by atoms with van der Waals surface area (Å²) in [7, 11) is 0. The van der Waals surface area contributed by atoms with Gasteiger partial charge in [0.25, 0.3) is 5.91 Å². The molecule has 2 N–H and O–H groups in total. The molecule has 0 fully saturated rings. The smallest absolute Gasteiger partial charge is 0.259 e. The molecule has 0 aromatic heterocycles. The molecule has 0 saturated heterocycles. The minimum absolute atomic E-state index is 0.135. The lowest BCUT2D eigenvalue weighted by Crippen LogP contribution is -2.12. The van der Waals surface area contributed by atoms with Crippen LogP contribution in [-0.4, -0.2) is 5.91 Å². The number of nitrogens with two attached hydrogens (primary N) is 1. The van der Waals surface area contributed by atoms with Crippen molar-refractivity contribution in [2.75, 3.05) is 0 Å². The van der Waals surface area contributed by atoms with Crippen molar-refractivity contribution in [3.63, 3.8) is 0 Å². The molecular formula is C10H6BrClN2O. The Labute approximate surface area is 100 Å². The van der Waals surface area contributed by atoms with E-state index in [1.54, 1.807) is 24.3 Å². The number of amides is 1. The summed E-state index contributed by atoms with van der Waals surface area (Å²) in [6.07, 6.45) is 1.36. The van der Waals surface area contributed by atoms with Gasteiger partial charge in [0.15, 0.2) is 0 Å². The Balaban J connectivity index is 3.30. The maximum absolute atomic E-state index is 10.8. The summed E-state index contributed by atoms with van der Waals surface area (Å²) in [5, 5.41) is 9.10. The van der Waals surface area contributed by atoms with Crippen LogP contribution in [0.4, 0.5) is 0 Å². The van der Waals surface area contributed by atoms with Crippen molar-refractivity contribution in [1.29, 1.82) is 5.26 Å². The van der Waals surface area contributed by atoms with Crippen LogP contribution in [0.15, 0.2) is 28.2 Å². The summed E-state index contributed by atoms with van der Waals surface area (Å²) in [6.45, 7) is 0. The molecule has 0 unspecified atom stereocenters. The number of halogens is 2. The summed E-state index contributed by atoms with van der Waals surface area (Å²) < 4.78 is 0.698. The van der Waals surface area contributed by atoms with Gasteiger partial charge in [0.1, 0.15) is 11.6 Å². The number of carbonyl (C=O) groups excluding carboxylic acids is 1. The number of nitriles is 1. The summed E-state index contributed by atoms with van der Waals surface area (Å²) in [6, 6.07) is 6.88. The first-order valence-corrected chi connectivity index (χ1v) is 5.09. The van der Waals surface area contributed by atoms with Crippen LogP contribution in [0.5, 0.6) is 0 Å². The third-order valence-corrected chi connectivity index (χ3v) is 2.70. The number of hydrogen-bond acceptors (Lipinski definition) is 2. The minimum atomic E-state index is -0.774. The SMILES string of the molecule is N#C/C(=C\c1c(Cl)cccc1Br)C(N)=O. The molecule has 0 aliphatic heterocycles. The van der Waals surface area contributed by atoms with Gasteiger partial charge in [-0.05, 0) is 18.2 Å². The van der Waals surface area contributed by atoms with Crippen molar-refractivity contribution in [3.05, 3.63) is 38.8 Å². The number of nitrogens with zero attached hydrogens (tertiary/aromatic N) is 1. The number of primary amides is 1. The van der Waals surface area contributed by atoms with Crippen LogP contribution in [-0.2, 0) is 4.79 Å². The Hall–Kier alpha value is -1.31. The molecule has 0 bridgehead atoms. The highest BCUT2D eigenvalue weighted by molar-refractivity contribution is 9.10. The molecule has 0 heterocycles. The summed E-state index contributed by atoms with van der Waals surface area (Å²) in [5.41, 5.74) is 5.44. The highest BCUT2D eigenvalue weighted by Gasteiger charge is 2.07. The number of hydrogen-bond donors (Lipinski definition) is 1. The van der Waals surface area contributed by atoms with Crippen LogP contribution in [0.3, 0.4) is 0 Å². The van der Waals surface area contributed by atoms with Crippen molar-refractivity contribution in [2.24, 2.45) is 5.73 Å². The fourth-order valence-corrected chi connectivity index (χ4v) is 1.78. The topological polar surface area (TPSA) is 66.9 Å². The number of rotatable bonds is 2. The zero-order valence-corrected chi connectivity index (χ0v) is 9.84. The van der Waals surface area contributed by atoms with E-state index in [0.29, 0.717) is 15.1 Å². The third-order valence-electron chi connectivity index (χ3n) is 1.67. The number of benzene rings is 1. The van der Waals surface area contributed by atoms with Gasteiger partial charge in [0.2, 0.25) is 0 Å². The summed E-state index contributed by atoms with van der Waals surface area (Å²) in [5.74, 6) is -0.774. The summed E-state index contributed by atoms with van der Waals surface area (Å²) >= 11 is 9.16. The van der Waals surface area contributed by atoms with Crippen LogP contribution in [0.25, 0.3) is 6.08 Å².